The molecule has 1 unspecified atom stereocenters. The second kappa shape index (κ2) is 12.4. The SMILES string of the molecule is CN1C[C@H](Nc2cnn(C)c(=O)c2Br)C[C@H](c2ccc(CN3CC4(C3)CN(c3ccc5c(c3)C(=O)N(C3CCC(=O)NC3=O)C5=O)C4)cc2)C1. The number of piperidine rings is 2. The van der Waals surface area contributed by atoms with Crippen LogP contribution in [0, 0.1) is 5.41 Å². The zero-order valence-corrected chi connectivity index (χ0v) is 29.6. The Hall–Kier alpha value is -4.40. The van der Waals surface area contributed by atoms with Crippen LogP contribution in [-0.2, 0) is 23.2 Å². The number of anilines is 2. The van der Waals surface area contributed by atoms with Gasteiger partial charge >= 0.3 is 0 Å². The van der Waals surface area contributed by atoms with E-state index in [1.807, 2.05) is 6.07 Å². The van der Waals surface area contributed by atoms with Gasteiger partial charge in [-0.05, 0) is 71.1 Å². The van der Waals surface area contributed by atoms with Gasteiger partial charge in [-0.2, -0.15) is 5.10 Å². The van der Waals surface area contributed by atoms with E-state index in [-0.39, 0.29) is 35.8 Å². The molecule has 0 radical (unpaired) electrons. The number of rotatable bonds is 7. The summed E-state index contributed by atoms with van der Waals surface area (Å²) < 4.78 is 1.82. The molecule has 260 valence electrons. The largest absolute Gasteiger partial charge is 0.379 e. The molecule has 1 spiro atoms. The average molecular weight is 744 g/mol. The van der Waals surface area contributed by atoms with Crippen LogP contribution in [0.2, 0.25) is 0 Å². The summed E-state index contributed by atoms with van der Waals surface area (Å²) in [6.45, 7) is 6.54. The Bertz CT molecular complexity index is 1970. The molecule has 4 saturated heterocycles. The van der Waals surface area contributed by atoms with Gasteiger partial charge in [0.2, 0.25) is 11.8 Å². The van der Waals surface area contributed by atoms with E-state index in [0.29, 0.717) is 21.5 Å². The molecule has 3 aromatic rings. The Kier molecular flexibility index (Phi) is 8.15. The van der Waals surface area contributed by atoms with Gasteiger partial charge in [-0.3, -0.25) is 39.1 Å². The summed E-state index contributed by atoms with van der Waals surface area (Å²) in [6.07, 6.45) is 2.90. The summed E-state index contributed by atoms with van der Waals surface area (Å²) in [4.78, 5) is 70.7. The number of likely N-dealkylation sites (tertiary alicyclic amines) is 2. The highest BCUT2D eigenvalue weighted by Crippen LogP contribution is 2.43. The number of nitrogens with one attached hydrogen (secondary N) is 2. The van der Waals surface area contributed by atoms with E-state index >= 15 is 0 Å². The number of likely N-dealkylation sites (N-methyl/N-ethyl adjacent to an activating group) is 1. The lowest BCUT2D eigenvalue weighted by molar-refractivity contribution is -0.136. The third-order valence-corrected chi connectivity index (χ3v) is 11.7. The van der Waals surface area contributed by atoms with Gasteiger partial charge in [0.1, 0.15) is 10.5 Å². The van der Waals surface area contributed by atoms with Gasteiger partial charge in [-0.1, -0.05) is 24.3 Å². The molecule has 0 bridgehead atoms. The van der Waals surface area contributed by atoms with Gasteiger partial charge in [0.25, 0.3) is 17.4 Å². The minimum Gasteiger partial charge on any atom is -0.379 e. The average Bonchev–Trinajstić information content (AvgIpc) is 3.30. The fourth-order valence-corrected chi connectivity index (χ4v) is 8.94. The van der Waals surface area contributed by atoms with E-state index in [4.69, 9.17) is 0 Å². The first-order chi connectivity index (χ1) is 24.0. The van der Waals surface area contributed by atoms with Crippen molar-refractivity contribution in [1.29, 1.82) is 0 Å². The van der Waals surface area contributed by atoms with Crippen LogP contribution in [0.4, 0.5) is 11.4 Å². The maximum Gasteiger partial charge on any atom is 0.282 e. The van der Waals surface area contributed by atoms with Crippen molar-refractivity contribution in [2.75, 3.05) is 56.5 Å². The number of aryl methyl sites for hydroxylation is 1. The topological polar surface area (TPSA) is 140 Å². The highest BCUT2D eigenvalue weighted by atomic mass is 79.9. The number of carbonyl (C=O) groups is 4. The summed E-state index contributed by atoms with van der Waals surface area (Å²) in [5.41, 5.74) is 4.91. The van der Waals surface area contributed by atoms with Crippen LogP contribution in [0.5, 0.6) is 0 Å². The molecule has 6 heterocycles. The van der Waals surface area contributed by atoms with Gasteiger partial charge in [0, 0.05) is 76.4 Å². The number of nitrogens with zero attached hydrogens (tertiary/aromatic N) is 6. The molecule has 13 nitrogen and oxygen atoms in total. The second-order valence-electron chi connectivity index (χ2n) is 14.7. The molecule has 5 aliphatic heterocycles. The molecule has 5 aliphatic rings. The summed E-state index contributed by atoms with van der Waals surface area (Å²) in [5.74, 6) is -1.57. The first kappa shape index (κ1) is 32.8. The van der Waals surface area contributed by atoms with Crippen molar-refractivity contribution in [2.45, 2.75) is 43.8 Å². The molecule has 2 aromatic carbocycles. The van der Waals surface area contributed by atoms with Crippen LogP contribution in [-0.4, -0.2) is 107 Å². The minimum atomic E-state index is -0.962. The van der Waals surface area contributed by atoms with Crippen molar-refractivity contribution < 1.29 is 19.2 Å². The molecule has 8 rings (SSSR count). The Balaban J connectivity index is 0.838. The molecule has 0 aliphatic carbocycles. The van der Waals surface area contributed by atoms with Crippen LogP contribution < -0.4 is 21.1 Å². The Morgan fingerprint density at radius 3 is 2.42 bits per heavy atom. The first-order valence-electron chi connectivity index (χ1n) is 17.1. The van der Waals surface area contributed by atoms with Crippen molar-refractivity contribution in [3.05, 3.63) is 85.7 Å². The van der Waals surface area contributed by atoms with Crippen molar-refractivity contribution in [3.8, 4) is 0 Å². The van der Waals surface area contributed by atoms with Crippen LogP contribution >= 0.6 is 15.9 Å². The molecule has 2 N–H and O–H groups in total. The summed E-state index contributed by atoms with van der Waals surface area (Å²) in [5, 5.41) is 9.95. The van der Waals surface area contributed by atoms with Crippen molar-refractivity contribution in [2.24, 2.45) is 12.5 Å². The standard InChI is InChI=1S/C36H39BrN8O5/c1-41-15-23(11-24(16-41)39-28-13-38-42(2)35(50)31(28)37)22-5-3-21(4-6-22)14-43-17-36(18-43)19-44(20-36)25-7-8-26-27(12-25)34(49)45(33(26)48)29-9-10-30(46)40-32(29)47/h3-8,12-13,23-24,29,39H,9-11,14-20H2,1-2H3,(H,40,46,47)/t23-,24+,29?/m0/s1. The number of fused-ring (bicyclic) bond motifs is 1. The highest BCUT2D eigenvalue weighted by molar-refractivity contribution is 9.10. The number of aromatic nitrogens is 2. The normalized spacial score (nSPS) is 25.0. The predicted octanol–water partition coefficient (Wildman–Crippen LogP) is 2.17. The maximum atomic E-state index is 13.3. The van der Waals surface area contributed by atoms with Crippen molar-refractivity contribution >= 4 is 50.9 Å². The van der Waals surface area contributed by atoms with Crippen LogP contribution in [0.25, 0.3) is 0 Å². The molecular formula is C36H39BrN8O5. The number of hydrogen-bond donors (Lipinski definition) is 2. The van der Waals surface area contributed by atoms with Gasteiger partial charge in [0.15, 0.2) is 0 Å². The summed E-state index contributed by atoms with van der Waals surface area (Å²) in [7, 11) is 3.78. The zero-order valence-electron chi connectivity index (χ0n) is 28.0. The Morgan fingerprint density at radius 2 is 1.68 bits per heavy atom. The van der Waals surface area contributed by atoms with E-state index in [1.54, 1.807) is 25.4 Å². The monoisotopic (exact) mass is 742 g/mol. The van der Waals surface area contributed by atoms with Gasteiger partial charge in [-0.25, -0.2) is 4.68 Å². The molecule has 14 heteroatoms. The lowest BCUT2D eigenvalue weighted by Crippen LogP contribution is -2.71. The van der Waals surface area contributed by atoms with Crippen LogP contribution in [0.15, 0.2) is 57.9 Å². The number of halogens is 1. The van der Waals surface area contributed by atoms with E-state index in [1.165, 1.54) is 15.8 Å². The van der Waals surface area contributed by atoms with Crippen LogP contribution in [0.3, 0.4) is 0 Å². The van der Waals surface area contributed by atoms with Gasteiger partial charge in [-0.15, -0.1) is 0 Å². The van der Waals surface area contributed by atoms with E-state index < -0.39 is 23.8 Å². The smallest absolute Gasteiger partial charge is 0.282 e. The third kappa shape index (κ3) is 5.82. The number of benzene rings is 2. The van der Waals surface area contributed by atoms with E-state index in [0.717, 1.165) is 68.5 Å². The number of carbonyl (C=O) groups excluding carboxylic acids is 4. The maximum absolute atomic E-state index is 13.3. The molecule has 0 saturated carbocycles. The predicted molar refractivity (Wildman–Crippen MR) is 189 cm³/mol. The fraction of sp³-hybridized carbons (Fsp3) is 0.444. The molecule has 3 atom stereocenters. The summed E-state index contributed by atoms with van der Waals surface area (Å²) in [6, 6.07) is 13.6. The highest BCUT2D eigenvalue weighted by Gasteiger charge is 2.52. The lowest BCUT2D eigenvalue weighted by atomic mass is 9.72. The van der Waals surface area contributed by atoms with Crippen LogP contribution in [0.1, 0.15) is 57.0 Å². The van der Waals surface area contributed by atoms with Crippen molar-refractivity contribution in [3.63, 3.8) is 0 Å². The Labute approximate surface area is 297 Å². The third-order valence-electron chi connectivity index (χ3n) is 10.9. The summed E-state index contributed by atoms with van der Waals surface area (Å²) >= 11 is 3.43. The molecule has 50 heavy (non-hydrogen) atoms. The van der Waals surface area contributed by atoms with Gasteiger partial charge < -0.3 is 15.1 Å². The quantitative estimate of drug-likeness (QED) is 0.347. The first-order valence-corrected chi connectivity index (χ1v) is 17.8. The fourth-order valence-electron chi connectivity index (χ4n) is 8.47. The number of amides is 4. The van der Waals surface area contributed by atoms with E-state index in [2.05, 4.69) is 77.7 Å². The van der Waals surface area contributed by atoms with Gasteiger partial charge in [0.05, 0.1) is 23.0 Å². The Morgan fingerprint density at radius 1 is 0.940 bits per heavy atom. The number of hydrogen-bond acceptors (Lipinski definition) is 10. The molecular weight excluding hydrogens is 704 g/mol. The zero-order chi connectivity index (χ0) is 34.9. The van der Waals surface area contributed by atoms with E-state index in [9.17, 15) is 24.0 Å². The molecule has 4 fully saturated rings. The van der Waals surface area contributed by atoms with Crippen molar-refractivity contribution in [1.82, 2.24) is 29.8 Å². The number of imide groups is 2. The second-order valence-corrected chi connectivity index (χ2v) is 15.5. The molecule has 4 amide bonds. The minimum absolute atomic E-state index is 0.0992. The molecule has 1 aromatic heterocycles. The lowest BCUT2D eigenvalue weighted by Gasteiger charge is -2.61.